The van der Waals surface area contributed by atoms with Crippen molar-refractivity contribution in [2.75, 3.05) is 0 Å². The Balaban J connectivity index is 3.33. The molecule has 0 saturated heterocycles. The number of aromatic nitrogens is 2. The quantitative estimate of drug-likeness (QED) is 0.470. The molecule has 0 bridgehead atoms. The van der Waals surface area contributed by atoms with Crippen molar-refractivity contribution in [2.45, 2.75) is 0 Å². The Labute approximate surface area is 49.0 Å². The molecule has 1 heterocycles. The van der Waals surface area contributed by atoms with E-state index in [1.54, 1.807) is 4.98 Å². The van der Waals surface area contributed by atoms with Crippen LogP contribution in [0.25, 0.3) is 0 Å². The van der Waals surface area contributed by atoms with Gasteiger partial charge in [0.2, 0.25) is 5.88 Å². The van der Waals surface area contributed by atoms with Crippen molar-refractivity contribution >= 4 is 0 Å². The Morgan fingerprint density at radius 3 is 2.89 bits per heavy atom. The first-order valence-electron chi connectivity index (χ1n) is 2.14. The third kappa shape index (κ3) is 1.25. The minimum absolute atomic E-state index is 0.615. The van der Waals surface area contributed by atoms with Crippen LogP contribution in [0.3, 0.4) is 0 Å². The zero-order chi connectivity index (χ0) is 6.85. The van der Waals surface area contributed by atoms with Gasteiger partial charge in [-0.2, -0.15) is 9.37 Å². The summed E-state index contributed by atoms with van der Waals surface area (Å²) in [6.07, 6.45) is -1.08. The molecule has 0 atom stereocenters. The lowest BCUT2D eigenvalue weighted by Gasteiger charge is -1.86. The van der Waals surface area contributed by atoms with Crippen LogP contribution in [-0.2, 0) is 0 Å². The molecule has 0 aromatic carbocycles. The van der Waals surface area contributed by atoms with Gasteiger partial charge < -0.3 is 5.11 Å². The first kappa shape index (κ1) is 5.74. The van der Waals surface area contributed by atoms with Crippen molar-refractivity contribution in [3.8, 4) is 5.88 Å². The molecular formula is C4H3FN2O2. The van der Waals surface area contributed by atoms with E-state index in [4.69, 9.17) is 5.11 Å². The molecule has 0 aliphatic rings. The number of hydrogen-bond donors (Lipinski definition) is 2. The average Bonchev–Trinajstić information content (AvgIpc) is 1.59. The summed E-state index contributed by atoms with van der Waals surface area (Å²) < 4.78 is 11.9. The van der Waals surface area contributed by atoms with Gasteiger partial charge in [0.05, 0.1) is 6.07 Å². The highest BCUT2D eigenvalue weighted by atomic mass is 19.1. The molecule has 48 valence electrons. The zero-order valence-electron chi connectivity index (χ0n) is 4.26. The number of nitrogens with one attached hydrogen (secondary N) is 1. The fourth-order valence-electron chi connectivity index (χ4n) is 0.416. The van der Waals surface area contributed by atoms with E-state index < -0.39 is 17.5 Å². The Kier molecular flexibility index (Phi) is 1.18. The standard InChI is InChI=1S/C4H3FN2O2/c5-4-6-2(8)1-3(9)7-4/h1H,(H2,6,7,8,9). The molecule has 0 spiro atoms. The maximum atomic E-state index is 11.9. The van der Waals surface area contributed by atoms with E-state index >= 15 is 0 Å². The van der Waals surface area contributed by atoms with E-state index in [1.807, 2.05) is 0 Å². The van der Waals surface area contributed by atoms with Gasteiger partial charge in [-0.15, -0.1) is 0 Å². The SMILES string of the molecule is O=c1cc(O)nc(F)[nH]1. The van der Waals surface area contributed by atoms with E-state index in [-0.39, 0.29) is 0 Å². The number of aromatic amines is 1. The third-order valence-corrected chi connectivity index (χ3v) is 0.699. The number of aromatic hydroxyl groups is 1. The molecule has 5 heteroatoms. The van der Waals surface area contributed by atoms with Crippen molar-refractivity contribution in [1.82, 2.24) is 9.97 Å². The molecule has 9 heavy (non-hydrogen) atoms. The second-order valence-corrected chi connectivity index (χ2v) is 1.39. The van der Waals surface area contributed by atoms with Gasteiger partial charge in [0.15, 0.2) is 0 Å². The number of H-pyrrole nitrogens is 1. The van der Waals surface area contributed by atoms with Crippen LogP contribution in [-0.4, -0.2) is 15.1 Å². The zero-order valence-corrected chi connectivity index (χ0v) is 4.26. The van der Waals surface area contributed by atoms with Gasteiger partial charge in [-0.05, 0) is 0 Å². The van der Waals surface area contributed by atoms with Crippen molar-refractivity contribution in [3.63, 3.8) is 0 Å². The van der Waals surface area contributed by atoms with E-state index in [0.717, 1.165) is 6.07 Å². The Morgan fingerprint density at radius 1 is 1.78 bits per heavy atom. The normalized spacial score (nSPS) is 9.44. The molecular weight excluding hydrogens is 127 g/mol. The van der Waals surface area contributed by atoms with E-state index in [2.05, 4.69) is 4.98 Å². The van der Waals surface area contributed by atoms with E-state index in [9.17, 15) is 9.18 Å². The molecule has 0 aliphatic heterocycles. The molecule has 0 aliphatic carbocycles. The number of rotatable bonds is 0. The molecule has 0 unspecified atom stereocenters. The summed E-state index contributed by atoms with van der Waals surface area (Å²) in [7, 11) is 0. The fourth-order valence-corrected chi connectivity index (χ4v) is 0.416. The van der Waals surface area contributed by atoms with Crippen molar-refractivity contribution in [1.29, 1.82) is 0 Å². The second-order valence-electron chi connectivity index (χ2n) is 1.39. The van der Waals surface area contributed by atoms with E-state index in [1.165, 1.54) is 0 Å². The summed E-state index contributed by atoms with van der Waals surface area (Å²) in [6, 6.07) is 0.781. The molecule has 0 amide bonds. The van der Waals surface area contributed by atoms with Gasteiger partial charge in [-0.25, -0.2) is 0 Å². The summed E-state index contributed by atoms with van der Waals surface area (Å²) in [5.41, 5.74) is -0.708. The lowest BCUT2D eigenvalue weighted by molar-refractivity contribution is 0.423. The minimum Gasteiger partial charge on any atom is -0.493 e. The van der Waals surface area contributed by atoms with Gasteiger partial charge in [0, 0.05) is 0 Å². The predicted octanol–water partition coefficient (Wildman–Crippen LogP) is -0.385. The molecule has 0 saturated carbocycles. The summed E-state index contributed by atoms with van der Waals surface area (Å²) in [5, 5.41) is 8.42. The number of nitrogens with zero attached hydrogens (tertiary/aromatic N) is 1. The topological polar surface area (TPSA) is 66.0 Å². The average molecular weight is 130 g/mol. The van der Waals surface area contributed by atoms with Gasteiger partial charge in [0.1, 0.15) is 0 Å². The summed E-state index contributed by atoms with van der Waals surface area (Å²) in [6.45, 7) is 0. The third-order valence-electron chi connectivity index (χ3n) is 0.699. The molecule has 1 aromatic heterocycles. The van der Waals surface area contributed by atoms with Crippen molar-refractivity contribution in [2.24, 2.45) is 0 Å². The smallest absolute Gasteiger partial charge is 0.292 e. The highest BCUT2D eigenvalue weighted by Crippen LogP contribution is 1.94. The van der Waals surface area contributed by atoms with Gasteiger partial charge in [-0.3, -0.25) is 9.78 Å². The highest BCUT2D eigenvalue weighted by molar-refractivity contribution is 5.02. The van der Waals surface area contributed by atoms with Crippen LogP contribution in [0.15, 0.2) is 10.9 Å². The predicted molar refractivity (Wildman–Crippen MR) is 26.5 cm³/mol. The van der Waals surface area contributed by atoms with Gasteiger partial charge in [0.25, 0.3) is 11.6 Å². The van der Waals surface area contributed by atoms with Crippen LogP contribution in [0.1, 0.15) is 0 Å². The van der Waals surface area contributed by atoms with Crippen LogP contribution in [0.4, 0.5) is 4.39 Å². The fraction of sp³-hybridized carbons (Fsp3) is 0. The Hall–Kier alpha value is -1.39. The number of hydrogen-bond acceptors (Lipinski definition) is 3. The Morgan fingerprint density at radius 2 is 2.44 bits per heavy atom. The van der Waals surface area contributed by atoms with E-state index in [0.29, 0.717) is 0 Å². The largest absolute Gasteiger partial charge is 0.493 e. The van der Waals surface area contributed by atoms with Crippen LogP contribution < -0.4 is 5.56 Å². The summed E-state index contributed by atoms with van der Waals surface area (Å²) in [4.78, 5) is 14.8. The first-order valence-corrected chi connectivity index (χ1v) is 2.14. The molecule has 1 aromatic rings. The van der Waals surface area contributed by atoms with Gasteiger partial charge >= 0.3 is 0 Å². The maximum absolute atomic E-state index is 11.9. The molecule has 4 nitrogen and oxygen atoms in total. The highest BCUT2D eigenvalue weighted by Gasteiger charge is 1.94. The molecule has 0 fully saturated rings. The lowest BCUT2D eigenvalue weighted by atomic mass is 10.6. The first-order chi connectivity index (χ1) is 4.18. The van der Waals surface area contributed by atoms with Gasteiger partial charge in [-0.1, -0.05) is 0 Å². The summed E-state index contributed by atoms with van der Waals surface area (Å²) >= 11 is 0. The lowest BCUT2D eigenvalue weighted by Crippen LogP contribution is -2.06. The summed E-state index contributed by atoms with van der Waals surface area (Å²) in [5.74, 6) is -0.615. The molecule has 0 radical (unpaired) electrons. The monoisotopic (exact) mass is 130 g/mol. The second kappa shape index (κ2) is 1.85. The number of halogens is 1. The van der Waals surface area contributed by atoms with Crippen LogP contribution >= 0.6 is 0 Å². The maximum Gasteiger partial charge on any atom is 0.292 e. The van der Waals surface area contributed by atoms with Crippen molar-refractivity contribution < 1.29 is 9.50 Å². The van der Waals surface area contributed by atoms with Crippen molar-refractivity contribution in [3.05, 3.63) is 22.5 Å². The molecule has 2 N–H and O–H groups in total. The Bertz CT molecular complexity index is 246. The van der Waals surface area contributed by atoms with Crippen LogP contribution in [0.5, 0.6) is 5.88 Å². The van der Waals surface area contributed by atoms with Crippen LogP contribution in [0.2, 0.25) is 0 Å². The minimum atomic E-state index is -1.08. The molecule has 1 rings (SSSR count). The van der Waals surface area contributed by atoms with Crippen LogP contribution in [0, 0.1) is 6.08 Å².